The van der Waals surface area contributed by atoms with Gasteiger partial charge in [-0.25, -0.2) is 4.79 Å². The molecule has 0 aromatic heterocycles. The molecule has 1 atom stereocenters. The lowest BCUT2D eigenvalue weighted by Crippen LogP contribution is -2.60. The van der Waals surface area contributed by atoms with Crippen molar-refractivity contribution < 1.29 is 37.6 Å². The first-order valence-corrected chi connectivity index (χ1v) is 9.35. The SMILES string of the molecule is C=CCCCCCCCCC(=O)NC(CC(=O)O)(C(=O)O)S(=O)(=O)O. The molecule has 0 aromatic carbocycles. The van der Waals surface area contributed by atoms with E-state index >= 15 is 0 Å². The van der Waals surface area contributed by atoms with Crippen molar-refractivity contribution in [2.24, 2.45) is 0 Å². The number of hydrogen-bond donors (Lipinski definition) is 4. The van der Waals surface area contributed by atoms with E-state index in [0.29, 0.717) is 12.8 Å². The van der Waals surface area contributed by atoms with Crippen molar-refractivity contribution in [2.45, 2.75) is 62.7 Å². The summed E-state index contributed by atoms with van der Waals surface area (Å²) in [5.41, 5.74) is 0. The zero-order valence-corrected chi connectivity index (χ0v) is 14.8. The zero-order chi connectivity index (χ0) is 19.5. The highest BCUT2D eigenvalue weighted by Gasteiger charge is 2.53. The van der Waals surface area contributed by atoms with Gasteiger partial charge in [-0.3, -0.25) is 14.1 Å². The Balaban J connectivity index is 4.57. The van der Waals surface area contributed by atoms with Gasteiger partial charge in [0, 0.05) is 6.42 Å². The predicted octanol–water partition coefficient (Wildman–Crippen LogP) is 1.55. The molecule has 25 heavy (non-hydrogen) atoms. The van der Waals surface area contributed by atoms with Crippen molar-refractivity contribution in [1.29, 1.82) is 0 Å². The van der Waals surface area contributed by atoms with E-state index in [1.54, 1.807) is 5.32 Å². The Morgan fingerprint density at radius 3 is 1.96 bits per heavy atom. The highest BCUT2D eigenvalue weighted by Crippen LogP contribution is 2.19. The summed E-state index contributed by atoms with van der Waals surface area (Å²) in [6, 6.07) is 0. The Bertz CT molecular complexity index is 586. The maximum absolute atomic E-state index is 11.8. The second-order valence-corrected chi connectivity index (χ2v) is 7.32. The van der Waals surface area contributed by atoms with Gasteiger partial charge in [-0.15, -0.1) is 6.58 Å². The molecule has 9 nitrogen and oxygen atoms in total. The summed E-state index contributed by atoms with van der Waals surface area (Å²) in [6.45, 7) is 3.62. The van der Waals surface area contributed by atoms with Crippen LogP contribution < -0.4 is 5.32 Å². The number of allylic oxidation sites excluding steroid dienone is 1. The Morgan fingerprint density at radius 2 is 1.52 bits per heavy atom. The molecule has 0 aliphatic heterocycles. The first kappa shape index (κ1) is 23.1. The highest BCUT2D eigenvalue weighted by molar-refractivity contribution is 7.88. The number of carboxylic acids is 2. The molecular formula is C15H25NO8S. The highest BCUT2D eigenvalue weighted by atomic mass is 32.2. The minimum atomic E-state index is -5.38. The third-order valence-corrected chi connectivity index (χ3v) is 4.89. The Morgan fingerprint density at radius 1 is 1.00 bits per heavy atom. The molecule has 4 N–H and O–H groups in total. The molecule has 10 heteroatoms. The van der Waals surface area contributed by atoms with Crippen molar-refractivity contribution in [3.8, 4) is 0 Å². The summed E-state index contributed by atoms with van der Waals surface area (Å²) < 4.78 is 31.8. The first-order valence-electron chi connectivity index (χ1n) is 7.91. The molecule has 1 amide bonds. The molecule has 0 heterocycles. The number of carbonyl (C=O) groups excluding carboxylic acids is 1. The van der Waals surface area contributed by atoms with E-state index in [9.17, 15) is 22.8 Å². The molecule has 0 aliphatic carbocycles. The van der Waals surface area contributed by atoms with Crippen LogP contribution in [0.5, 0.6) is 0 Å². The Kier molecular flexibility index (Phi) is 9.99. The molecule has 0 radical (unpaired) electrons. The second kappa shape index (κ2) is 10.8. The maximum atomic E-state index is 11.8. The van der Waals surface area contributed by atoms with Gasteiger partial charge in [-0.2, -0.15) is 8.42 Å². The maximum Gasteiger partial charge on any atom is 0.348 e. The number of rotatable bonds is 14. The van der Waals surface area contributed by atoms with E-state index in [-0.39, 0.29) is 6.42 Å². The fourth-order valence-electron chi connectivity index (χ4n) is 2.22. The normalized spacial score (nSPS) is 13.6. The van der Waals surface area contributed by atoms with E-state index in [4.69, 9.17) is 14.8 Å². The summed E-state index contributed by atoms with van der Waals surface area (Å²) in [4.78, 5) is 30.5. The first-order chi connectivity index (χ1) is 11.6. The van der Waals surface area contributed by atoms with Gasteiger partial charge >= 0.3 is 22.1 Å². The molecular weight excluding hydrogens is 354 g/mol. The standard InChI is InChI=1S/C15H25NO8S/c1-2-3-4-5-6-7-8-9-10-12(17)16-15(14(20)21,11-13(18)19)25(22,23)24/h2H,1,3-11H2,(H,16,17)(H,18,19)(H,20,21)(H,22,23,24). The monoisotopic (exact) mass is 379 g/mol. The third kappa shape index (κ3) is 8.12. The lowest BCUT2D eigenvalue weighted by molar-refractivity contribution is -0.149. The van der Waals surface area contributed by atoms with Gasteiger partial charge in [0.15, 0.2) is 0 Å². The summed E-state index contributed by atoms with van der Waals surface area (Å²) in [5, 5.41) is 19.4. The van der Waals surface area contributed by atoms with E-state index in [0.717, 1.165) is 32.1 Å². The summed E-state index contributed by atoms with van der Waals surface area (Å²) in [5.74, 6) is -4.90. The van der Waals surface area contributed by atoms with Crippen LogP contribution >= 0.6 is 0 Å². The Hall–Kier alpha value is -1.94. The zero-order valence-electron chi connectivity index (χ0n) is 13.9. The van der Waals surface area contributed by atoms with E-state index < -0.39 is 39.3 Å². The molecule has 0 rings (SSSR count). The van der Waals surface area contributed by atoms with Crippen LogP contribution in [0, 0.1) is 0 Å². The van der Waals surface area contributed by atoms with Gasteiger partial charge in [0.25, 0.3) is 4.87 Å². The average Bonchev–Trinajstić information content (AvgIpc) is 2.47. The van der Waals surface area contributed by atoms with Crippen molar-refractivity contribution in [1.82, 2.24) is 5.32 Å². The molecule has 0 spiro atoms. The molecule has 0 aromatic rings. The minimum Gasteiger partial charge on any atom is -0.481 e. The number of unbranched alkanes of at least 4 members (excludes halogenated alkanes) is 6. The summed E-state index contributed by atoms with van der Waals surface area (Å²) in [6.07, 6.45) is 6.10. The van der Waals surface area contributed by atoms with Crippen LogP contribution in [-0.2, 0) is 24.5 Å². The van der Waals surface area contributed by atoms with Crippen molar-refractivity contribution >= 4 is 28.0 Å². The van der Waals surface area contributed by atoms with Crippen LogP contribution in [0.3, 0.4) is 0 Å². The van der Waals surface area contributed by atoms with Crippen LogP contribution in [0.1, 0.15) is 57.8 Å². The lowest BCUT2D eigenvalue weighted by Gasteiger charge is -2.25. The minimum absolute atomic E-state index is 0.170. The number of carbonyl (C=O) groups is 3. The lowest BCUT2D eigenvalue weighted by atomic mass is 10.1. The number of hydrogen-bond acceptors (Lipinski definition) is 5. The molecule has 0 saturated carbocycles. The quantitative estimate of drug-likeness (QED) is 0.201. The van der Waals surface area contributed by atoms with Crippen LogP contribution in [-0.4, -0.2) is 45.9 Å². The van der Waals surface area contributed by atoms with Crippen molar-refractivity contribution in [3.63, 3.8) is 0 Å². The number of nitrogens with one attached hydrogen (secondary N) is 1. The van der Waals surface area contributed by atoms with Crippen molar-refractivity contribution in [2.75, 3.05) is 0 Å². The van der Waals surface area contributed by atoms with Gasteiger partial charge in [0.05, 0.1) is 6.42 Å². The Labute approximate surface area is 146 Å². The van der Waals surface area contributed by atoms with Gasteiger partial charge in [-0.1, -0.05) is 31.8 Å². The van der Waals surface area contributed by atoms with Crippen LogP contribution in [0.4, 0.5) is 0 Å². The molecule has 0 saturated heterocycles. The molecule has 1 unspecified atom stereocenters. The smallest absolute Gasteiger partial charge is 0.348 e. The fourth-order valence-corrected chi connectivity index (χ4v) is 2.99. The largest absolute Gasteiger partial charge is 0.481 e. The van der Waals surface area contributed by atoms with E-state index in [1.807, 2.05) is 6.08 Å². The molecule has 0 fully saturated rings. The number of aliphatic carboxylic acids is 2. The van der Waals surface area contributed by atoms with Gasteiger partial charge < -0.3 is 15.5 Å². The van der Waals surface area contributed by atoms with Gasteiger partial charge in [0.1, 0.15) is 0 Å². The van der Waals surface area contributed by atoms with Crippen molar-refractivity contribution in [3.05, 3.63) is 12.7 Å². The van der Waals surface area contributed by atoms with Gasteiger partial charge in [0.2, 0.25) is 5.91 Å². The van der Waals surface area contributed by atoms with Crippen LogP contribution in [0.15, 0.2) is 12.7 Å². The number of carboxylic acid groups (broad SMARTS) is 2. The van der Waals surface area contributed by atoms with E-state index in [1.165, 1.54) is 0 Å². The molecule has 0 bridgehead atoms. The number of amides is 1. The third-order valence-electron chi connectivity index (χ3n) is 3.59. The van der Waals surface area contributed by atoms with Crippen LogP contribution in [0.2, 0.25) is 0 Å². The topological polar surface area (TPSA) is 158 Å². The second-order valence-electron chi connectivity index (χ2n) is 5.67. The molecule has 0 aliphatic rings. The molecule has 144 valence electrons. The van der Waals surface area contributed by atoms with Gasteiger partial charge in [-0.05, 0) is 19.3 Å². The average molecular weight is 379 g/mol. The summed E-state index contributed by atoms with van der Waals surface area (Å²) in [7, 11) is -5.38. The van der Waals surface area contributed by atoms with Crippen LogP contribution in [0.25, 0.3) is 0 Å². The van der Waals surface area contributed by atoms with E-state index in [2.05, 4.69) is 6.58 Å². The fraction of sp³-hybridized carbons (Fsp3) is 0.667. The summed E-state index contributed by atoms with van der Waals surface area (Å²) >= 11 is 0. The predicted molar refractivity (Wildman–Crippen MR) is 89.4 cm³/mol.